The van der Waals surface area contributed by atoms with Crippen molar-refractivity contribution < 1.29 is 0 Å². The van der Waals surface area contributed by atoms with Crippen molar-refractivity contribution in [2.75, 3.05) is 0 Å². The SMILES string of the molecule is C/C=C\c1ccc(C#CC(C)C)cc1CC. The van der Waals surface area contributed by atoms with Crippen molar-refractivity contribution in [2.24, 2.45) is 5.92 Å². The van der Waals surface area contributed by atoms with Crippen LogP contribution in [-0.4, -0.2) is 0 Å². The number of benzene rings is 1. The van der Waals surface area contributed by atoms with E-state index in [0.29, 0.717) is 5.92 Å². The molecule has 0 heterocycles. The summed E-state index contributed by atoms with van der Waals surface area (Å²) >= 11 is 0. The van der Waals surface area contributed by atoms with Crippen LogP contribution in [-0.2, 0) is 6.42 Å². The summed E-state index contributed by atoms with van der Waals surface area (Å²) in [6.45, 7) is 8.46. The van der Waals surface area contributed by atoms with Gasteiger partial charge in [-0.15, -0.1) is 0 Å². The average Bonchev–Trinajstić information content (AvgIpc) is 2.28. The summed E-state index contributed by atoms with van der Waals surface area (Å²) in [5, 5.41) is 0. The molecule has 0 aliphatic carbocycles. The molecule has 0 radical (unpaired) electrons. The van der Waals surface area contributed by atoms with Gasteiger partial charge in [-0.1, -0.05) is 50.8 Å². The van der Waals surface area contributed by atoms with E-state index in [1.807, 2.05) is 6.92 Å². The van der Waals surface area contributed by atoms with Crippen LogP contribution in [0.3, 0.4) is 0 Å². The van der Waals surface area contributed by atoms with Crippen molar-refractivity contribution in [1.29, 1.82) is 0 Å². The van der Waals surface area contributed by atoms with Crippen LogP contribution in [0.1, 0.15) is 44.4 Å². The van der Waals surface area contributed by atoms with Gasteiger partial charge in [-0.25, -0.2) is 0 Å². The van der Waals surface area contributed by atoms with Crippen LogP contribution in [0.15, 0.2) is 24.3 Å². The summed E-state index contributed by atoms with van der Waals surface area (Å²) in [4.78, 5) is 0. The first kappa shape index (κ1) is 12.6. The monoisotopic (exact) mass is 212 g/mol. The van der Waals surface area contributed by atoms with E-state index in [4.69, 9.17) is 0 Å². The number of hydrogen-bond donors (Lipinski definition) is 0. The smallest absolute Gasteiger partial charge is 0.0248 e. The molecule has 0 fully saturated rings. The first-order chi connectivity index (χ1) is 7.67. The molecule has 0 aliphatic rings. The van der Waals surface area contributed by atoms with Crippen LogP contribution in [0.4, 0.5) is 0 Å². The second kappa shape index (κ2) is 6.18. The summed E-state index contributed by atoms with van der Waals surface area (Å²) in [7, 11) is 0. The minimum absolute atomic E-state index is 0.431. The lowest BCUT2D eigenvalue weighted by Crippen LogP contribution is -1.88. The van der Waals surface area contributed by atoms with Crippen molar-refractivity contribution >= 4 is 6.08 Å². The van der Waals surface area contributed by atoms with Crippen molar-refractivity contribution in [3.05, 3.63) is 41.0 Å². The first-order valence-electron chi connectivity index (χ1n) is 5.94. The molecular formula is C16H20. The molecule has 0 amide bonds. The minimum Gasteiger partial charge on any atom is -0.0951 e. The zero-order valence-corrected chi connectivity index (χ0v) is 10.7. The Bertz CT molecular complexity index is 425. The Morgan fingerprint density at radius 2 is 2.06 bits per heavy atom. The Kier molecular flexibility index (Phi) is 4.86. The maximum absolute atomic E-state index is 3.21. The highest BCUT2D eigenvalue weighted by molar-refractivity contribution is 5.56. The van der Waals surface area contributed by atoms with Gasteiger partial charge in [0.05, 0.1) is 0 Å². The number of hydrogen-bond acceptors (Lipinski definition) is 0. The van der Waals surface area contributed by atoms with E-state index in [0.717, 1.165) is 12.0 Å². The lowest BCUT2D eigenvalue weighted by Gasteiger charge is -2.03. The quantitative estimate of drug-likeness (QED) is 0.641. The molecule has 0 spiro atoms. The van der Waals surface area contributed by atoms with E-state index in [-0.39, 0.29) is 0 Å². The third-order valence-electron chi connectivity index (χ3n) is 2.38. The van der Waals surface area contributed by atoms with Gasteiger partial charge in [0.2, 0.25) is 0 Å². The molecule has 0 unspecified atom stereocenters. The molecule has 0 nitrogen and oxygen atoms in total. The van der Waals surface area contributed by atoms with Crippen molar-refractivity contribution in [2.45, 2.75) is 34.1 Å². The zero-order valence-electron chi connectivity index (χ0n) is 10.7. The molecule has 0 saturated heterocycles. The molecule has 0 aromatic heterocycles. The fourth-order valence-corrected chi connectivity index (χ4v) is 1.56. The molecule has 0 bridgehead atoms. The molecule has 1 rings (SSSR count). The molecule has 84 valence electrons. The number of allylic oxidation sites excluding steroid dienone is 1. The van der Waals surface area contributed by atoms with E-state index >= 15 is 0 Å². The van der Waals surface area contributed by atoms with Gasteiger partial charge in [0.1, 0.15) is 0 Å². The van der Waals surface area contributed by atoms with E-state index < -0.39 is 0 Å². The predicted octanol–water partition coefficient (Wildman–Crippen LogP) is 4.29. The molecule has 0 atom stereocenters. The molecular weight excluding hydrogens is 192 g/mol. The van der Waals surface area contributed by atoms with Gasteiger partial charge in [-0.05, 0) is 36.6 Å². The van der Waals surface area contributed by atoms with Crippen LogP contribution in [0.5, 0.6) is 0 Å². The fraction of sp³-hybridized carbons (Fsp3) is 0.375. The highest BCUT2D eigenvalue weighted by Gasteiger charge is 1.98. The van der Waals surface area contributed by atoms with E-state index in [2.05, 4.69) is 63.0 Å². The Balaban J connectivity index is 3.05. The van der Waals surface area contributed by atoms with Gasteiger partial charge < -0.3 is 0 Å². The van der Waals surface area contributed by atoms with Crippen LogP contribution in [0.2, 0.25) is 0 Å². The summed E-state index contributed by atoms with van der Waals surface area (Å²) in [5.41, 5.74) is 3.80. The van der Waals surface area contributed by atoms with Gasteiger partial charge in [-0.2, -0.15) is 0 Å². The standard InChI is InChI=1S/C16H20/c1-5-7-16-11-10-14(9-8-13(3)4)12-15(16)6-2/h5,7,10-13H,6H2,1-4H3/b7-5-. The zero-order chi connectivity index (χ0) is 12.0. The Labute approximate surface area is 99.4 Å². The van der Waals surface area contributed by atoms with E-state index in [1.165, 1.54) is 11.1 Å². The summed E-state index contributed by atoms with van der Waals surface area (Å²) in [6.07, 6.45) is 5.28. The molecule has 0 aliphatic heterocycles. The average molecular weight is 212 g/mol. The van der Waals surface area contributed by atoms with E-state index in [1.54, 1.807) is 0 Å². The molecule has 1 aromatic carbocycles. The maximum atomic E-state index is 3.21. The minimum atomic E-state index is 0.431. The maximum Gasteiger partial charge on any atom is 0.0248 e. The lowest BCUT2D eigenvalue weighted by atomic mass is 10.0. The Morgan fingerprint density at radius 1 is 1.31 bits per heavy atom. The van der Waals surface area contributed by atoms with Crippen LogP contribution < -0.4 is 0 Å². The third-order valence-corrected chi connectivity index (χ3v) is 2.38. The van der Waals surface area contributed by atoms with Crippen LogP contribution in [0.25, 0.3) is 6.08 Å². The highest BCUT2D eigenvalue weighted by Crippen LogP contribution is 2.14. The van der Waals surface area contributed by atoms with Crippen LogP contribution >= 0.6 is 0 Å². The highest BCUT2D eigenvalue weighted by atomic mass is 14.0. The second-order valence-corrected chi connectivity index (χ2v) is 4.19. The molecule has 16 heavy (non-hydrogen) atoms. The lowest BCUT2D eigenvalue weighted by molar-refractivity contribution is 0.866. The summed E-state index contributed by atoms with van der Waals surface area (Å²) < 4.78 is 0. The fourth-order valence-electron chi connectivity index (χ4n) is 1.56. The Morgan fingerprint density at radius 3 is 2.62 bits per heavy atom. The van der Waals surface area contributed by atoms with Gasteiger partial charge in [0, 0.05) is 11.5 Å². The number of aryl methyl sites for hydroxylation is 1. The largest absolute Gasteiger partial charge is 0.0951 e. The van der Waals surface area contributed by atoms with Crippen LogP contribution in [0, 0.1) is 17.8 Å². The van der Waals surface area contributed by atoms with Crippen molar-refractivity contribution in [3.63, 3.8) is 0 Å². The van der Waals surface area contributed by atoms with Gasteiger partial charge in [-0.3, -0.25) is 0 Å². The summed E-state index contributed by atoms with van der Waals surface area (Å²) in [5.74, 6) is 6.84. The van der Waals surface area contributed by atoms with Gasteiger partial charge >= 0.3 is 0 Å². The molecule has 1 aromatic rings. The molecule has 0 N–H and O–H groups in total. The Hall–Kier alpha value is -1.48. The van der Waals surface area contributed by atoms with E-state index in [9.17, 15) is 0 Å². The number of rotatable bonds is 2. The van der Waals surface area contributed by atoms with Crippen molar-refractivity contribution in [1.82, 2.24) is 0 Å². The molecule has 0 heteroatoms. The second-order valence-electron chi connectivity index (χ2n) is 4.19. The van der Waals surface area contributed by atoms with Gasteiger partial charge in [0.15, 0.2) is 0 Å². The molecule has 0 saturated carbocycles. The van der Waals surface area contributed by atoms with Gasteiger partial charge in [0.25, 0.3) is 0 Å². The predicted molar refractivity (Wildman–Crippen MR) is 72.2 cm³/mol. The normalized spacial score (nSPS) is 10.6. The topological polar surface area (TPSA) is 0 Å². The third kappa shape index (κ3) is 3.59. The first-order valence-corrected chi connectivity index (χ1v) is 5.94. The summed E-state index contributed by atoms with van der Waals surface area (Å²) in [6, 6.07) is 6.46. The van der Waals surface area contributed by atoms with Crippen molar-refractivity contribution in [3.8, 4) is 11.8 Å².